The van der Waals surface area contributed by atoms with Crippen molar-refractivity contribution in [3.8, 4) is 0 Å². The van der Waals surface area contributed by atoms with Crippen LogP contribution in [-0.4, -0.2) is 57.7 Å². The number of rotatable bonds is 6. The monoisotopic (exact) mass is 406 g/mol. The maximum absolute atomic E-state index is 12.4. The number of nitrogens with one attached hydrogen (secondary N) is 1. The Morgan fingerprint density at radius 3 is 2.57 bits per heavy atom. The fraction of sp³-hybridized carbons (Fsp3) is 0.333. The van der Waals surface area contributed by atoms with E-state index in [2.05, 4.69) is 5.32 Å². The molecule has 2 heterocycles. The molecule has 1 aromatic rings. The van der Waals surface area contributed by atoms with Crippen molar-refractivity contribution in [3.63, 3.8) is 0 Å². The van der Waals surface area contributed by atoms with Crippen LogP contribution < -0.4 is 5.32 Å². The van der Waals surface area contributed by atoms with E-state index in [1.165, 1.54) is 18.7 Å². The first-order chi connectivity index (χ1) is 13.4. The molecule has 1 aromatic carbocycles. The highest BCUT2D eigenvalue weighted by Gasteiger charge is 2.54. The summed E-state index contributed by atoms with van der Waals surface area (Å²) in [6, 6.07) is 8.20. The van der Waals surface area contributed by atoms with Gasteiger partial charge in [-0.2, -0.15) is 0 Å². The van der Waals surface area contributed by atoms with Crippen LogP contribution in [0.2, 0.25) is 0 Å². The Morgan fingerprint density at radius 2 is 1.93 bits per heavy atom. The van der Waals surface area contributed by atoms with Crippen molar-refractivity contribution in [2.75, 3.05) is 12.4 Å². The molecule has 3 rings (SSSR count). The van der Waals surface area contributed by atoms with Crippen LogP contribution in [0.5, 0.6) is 0 Å². The Hall–Kier alpha value is -3.01. The summed E-state index contributed by atoms with van der Waals surface area (Å²) >= 11 is 1.28. The van der Waals surface area contributed by atoms with Crippen LogP contribution in [0, 0.1) is 0 Å². The predicted molar refractivity (Wildman–Crippen MR) is 97.9 cm³/mol. The van der Waals surface area contributed by atoms with Crippen LogP contribution in [0.15, 0.2) is 41.6 Å². The Kier molecular flexibility index (Phi) is 5.88. The molecular formula is C18H18N2O7S. The average molecular weight is 406 g/mol. The second-order valence-electron chi connectivity index (χ2n) is 6.13. The van der Waals surface area contributed by atoms with Crippen molar-refractivity contribution in [2.45, 2.75) is 24.9 Å². The smallest absolute Gasteiger partial charge is 0.408 e. The van der Waals surface area contributed by atoms with E-state index in [9.17, 15) is 24.3 Å². The van der Waals surface area contributed by atoms with Gasteiger partial charge in [-0.1, -0.05) is 30.3 Å². The fourth-order valence-electron chi connectivity index (χ4n) is 2.87. The van der Waals surface area contributed by atoms with E-state index in [0.29, 0.717) is 5.57 Å². The molecule has 0 spiro atoms. The number of esters is 1. The standard InChI is InChI=1S/C18H18N2O7S/c1-10(21)26-8-12-9-28-16-13(15(22)20(16)14(12)17(23)24)19-18(25)27-7-11-5-3-2-4-6-11/h2-6,13,16H,7-9H2,1H3,(H,19,25)(H,23,24)/t13?,16-/m0/s1. The summed E-state index contributed by atoms with van der Waals surface area (Å²) in [7, 11) is 0. The first-order valence-electron chi connectivity index (χ1n) is 8.39. The van der Waals surface area contributed by atoms with Gasteiger partial charge in [-0.15, -0.1) is 11.8 Å². The van der Waals surface area contributed by atoms with Crippen molar-refractivity contribution >= 4 is 35.7 Å². The number of carboxylic acid groups (broad SMARTS) is 1. The quantitative estimate of drug-likeness (QED) is 0.532. The molecule has 2 aliphatic heterocycles. The molecule has 2 aliphatic rings. The SMILES string of the molecule is CC(=O)OCC1=C(C(=O)O)N2C(=O)C(NC(=O)OCc3ccccc3)[C@@H]2SC1. The van der Waals surface area contributed by atoms with Crippen molar-refractivity contribution in [1.29, 1.82) is 0 Å². The Labute approximate surface area is 164 Å². The summed E-state index contributed by atoms with van der Waals surface area (Å²) in [4.78, 5) is 48.2. The molecule has 10 heteroatoms. The molecule has 0 radical (unpaired) electrons. The third-order valence-electron chi connectivity index (χ3n) is 4.19. The van der Waals surface area contributed by atoms with Gasteiger partial charge in [0, 0.05) is 18.2 Å². The molecule has 1 unspecified atom stereocenters. The number of carbonyl (C=O) groups is 4. The number of amides is 2. The number of carboxylic acids is 1. The highest BCUT2D eigenvalue weighted by Crippen LogP contribution is 2.40. The van der Waals surface area contributed by atoms with Crippen molar-refractivity contribution in [3.05, 3.63) is 47.2 Å². The van der Waals surface area contributed by atoms with Crippen LogP contribution in [0.3, 0.4) is 0 Å². The average Bonchev–Trinajstić information content (AvgIpc) is 2.68. The van der Waals surface area contributed by atoms with Gasteiger partial charge in [-0.05, 0) is 5.56 Å². The van der Waals surface area contributed by atoms with Crippen LogP contribution >= 0.6 is 11.8 Å². The number of aliphatic carboxylic acids is 1. The number of fused-ring (bicyclic) bond motifs is 1. The fourth-order valence-corrected chi connectivity index (χ4v) is 4.20. The van der Waals surface area contributed by atoms with E-state index in [1.807, 2.05) is 18.2 Å². The lowest BCUT2D eigenvalue weighted by Gasteiger charge is -2.49. The number of alkyl carbamates (subject to hydrolysis) is 1. The van der Waals surface area contributed by atoms with E-state index >= 15 is 0 Å². The minimum absolute atomic E-state index is 0.0575. The first-order valence-corrected chi connectivity index (χ1v) is 9.44. The molecule has 9 nitrogen and oxygen atoms in total. The summed E-state index contributed by atoms with van der Waals surface area (Å²) in [5, 5.41) is 11.4. The Balaban J connectivity index is 1.62. The summed E-state index contributed by atoms with van der Waals surface area (Å²) < 4.78 is 9.98. The van der Waals surface area contributed by atoms with Gasteiger partial charge in [-0.25, -0.2) is 9.59 Å². The molecule has 1 fully saturated rings. The lowest BCUT2D eigenvalue weighted by molar-refractivity contribution is -0.149. The molecule has 0 saturated carbocycles. The van der Waals surface area contributed by atoms with Gasteiger partial charge < -0.3 is 19.9 Å². The first kappa shape index (κ1) is 19.7. The zero-order valence-corrected chi connectivity index (χ0v) is 15.7. The maximum atomic E-state index is 12.4. The topological polar surface area (TPSA) is 122 Å². The normalized spacial score (nSPS) is 20.8. The number of benzene rings is 1. The van der Waals surface area contributed by atoms with E-state index < -0.39 is 35.4 Å². The second-order valence-corrected chi connectivity index (χ2v) is 7.24. The number of thioether (sulfide) groups is 1. The van der Waals surface area contributed by atoms with Gasteiger partial charge in [0.1, 0.15) is 30.3 Å². The van der Waals surface area contributed by atoms with Gasteiger partial charge in [-0.3, -0.25) is 14.5 Å². The molecule has 2 amide bonds. The van der Waals surface area contributed by atoms with Crippen molar-refractivity contribution in [2.24, 2.45) is 0 Å². The molecule has 2 N–H and O–H groups in total. The minimum atomic E-state index is -1.29. The summed E-state index contributed by atoms with van der Waals surface area (Å²) in [5.41, 5.74) is 0.936. The number of ether oxygens (including phenoxy) is 2. The molecule has 2 atom stereocenters. The van der Waals surface area contributed by atoms with E-state index in [4.69, 9.17) is 9.47 Å². The van der Waals surface area contributed by atoms with E-state index in [0.717, 1.165) is 10.5 Å². The van der Waals surface area contributed by atoms with Gasteiger partial charge in [0.25, 0.3) is 5.91 Å². The largest absolute Gasteiger partial charge is 0.477 e. The van der Waals surface area contributed by atoms with Gasteiger partial charge in [0.05, 0.1) is 0 Å². The summed E-state index contributed by atoms with van der Waals surface area (Å²) in [6.45, 7) is 1.08. The maximum Gasteiger partial charge on any atom is 0.408 e. The van der Waals surface area contributed by atoms with Crippen molar-refractivity contribution in [1.82, 2.24) is 10.2 Å². The lowest BCUT2D eigenvalue weighted by atomic mass is 10.0. The molecule has 28 heavy (non-hydrogen) atoms. The van der Waals surface area contributed by atoms with Gasteiger partial charge in [0.15, 0.2) is 0 Å². The third-order valence-corrected chi connectivity index (χ3v) is 5.53. The molecule has 0 aromatic heterocycles. The lowest BCUT2D eigenvalue weighted by Crippen LogP contribution is -2.70. The number of β-lactam (4-membered cyclic amide) rings is 1. The van der Waals surface area contributed by atoms with Crippen LogP contribution in [0.1, 0.15) is 12.5 Å². The molecule has 148 valence electrons. The summed E-state index contributed by atoms with van der Waals surface area (Å²) in [5.74, 6) is -2.11. The van der Waals surface area contributed by atoms with Gasteiger partial charge in [0.2, 0.25) is 0 Å². The molecule has 1 saturated heterocycles. The zero-order valence-electron chi connectivity index (χ0n) is 14.9. The van der Waals surface area contributed by atoms with E-state index in [-0.39, 0.29) is 24.7 Å². The highest BCUT2D eigenvalue weighted by molar-refractivity contribution is 8.00. The molecular weight excluding hydrogens is 388 g/mol. The number of carbonyl (C=O) groups excluding carboxylic acids is 3. The Morgan fingerprint density at radius 1 is 1.21 bits per heavy atom. The van der Waals surface area contributed by atoms with Crippen LogP contribution in [0.25, 0.3) is 0 Å². The number of nitrogens with zero attached hydrogens (tertiary/aromatic N) is 1. The Bertz CT molecular complexity index is 840. The molecule has 0 aliphatic carbocycles. The van der Waals surface area contributed by atoms with Crippen LogP contribution in [0.4, 0.5) is 4.79 Å². The zero-order chi connectivity index (χ0) is 20.3. The number of hydrogen-bond acceptors (Lipinski definition) is 7. The van der Waals surface area contributed by atoms with Crippen LogP contribution in [-0.2, 0) is 30.5 Å². The molecule has 0 bridgehead atoms. The third kappa shape index (κ3) is 4.11. The highest BCUT2D eigenvalue weighted by atomic mass is 32.2. The van der Waals surface area contributed by atoms with E-state index in [1.54, 1.807) is 12.1 Å². The summed E-state index contributed by atoms with van der Waals surface area (Å²) in [6.07, 6.45) is -0.756. The second kappa shape index (κ2) is 8.34. The predicted octanol–water partition coefficient (Wildman–Crippen LogP) is 1.10. The van der Waals surface area contributed by atoms with Gasteiger partial charge >= 0.3 is 18.0 Å². The number of hydrogen-bond donors (Lipinski definition) is 2. The van der Waals surface area contributed by atoms with Crippen molar-refractivity contribution < 1.29 is 33.8 Å². The minimum Gasteiger partial charge on any atom is -0.477 e.